The lowest BCUT2D eigenvalue weighted by Crippen LogP contribution is -2.31. The second kappa shape index (κ2) is 1.82. The molecule has 1 heterocycles. The Labute approximate surface area is 56.9 Å². The van der Waals surface area contributed by atoms with Crippen molar-refractivity contribution in [2.24, 2.45) is 0 Å². The summed E-state index contributed by atoms with van der Waals surface area (Å²) in [4.78, 5) is 0. The minimum absolute atomic E-state index is 0.177. The van der Waals surface area contributed by atoms with Gasteiger partial charge in [0.05, 0.1) is 14.1 Å². The Morgan fingerprint density at radius 1 is 1.44 bits per heavy atom. The third-order valence-corrected chi connectivity index (χ3v) is 4.02. The summed E-state index contributed by atoms with van der Waals surface area (Å²) in [7, 11) is -1.04. The highest BCUT2D eigenvalue weighted by Gasteiger charge is 2.45. The number of nitrogens with one attached hydrogen (secondary N) is 1. The molecule has 2 unspecified atom stereocenters. The van der Waals surface area contributed by atoms with Crippen LogP contribution in [0.4, 0.5) is 0 Å². The molecule has 2 atom stereocenters. The molecule has 0 aliphatic carbocycles. The van der Waals surface area contributed by atoms with Gasteiger partial charge < -0.3 is 0 Å². The smallest absolute Gasteiger partial charge is 0.108 e. The molecule has 0 amide bonds. The highest BCUT2D eigenvalue weighted by Crippen LogP contribution is 2.21. The fourth-order valence-corrected chi connectivity index (χ4v) is 2.75. The van der Waals surface area contributed by atoms with Crippen LogP contribution in [-0.4, -0.2) is 19.8 Å². The van der Waals surface area contributed by atoms with Gasteiger partial charge in [0.15, 0.2) is 0 Å². The molecule has 1 aliphatic rings. The van der Waals surface area contributed by atoms with E-state index >= 15 is 0 Å². The second-order valence-corrected chi connectivity index (χ2v) is 8.97. The van der Waals surface area contributed by atoms with E-state index in [0.29, 0.717) is 5.67 Å². The Bertz CT molecular complexity index is 153. The lowest BCUT2D eigenvalue weighted by atomic mass is 10.5. The molecule has 0 bridgehead atoms. The first-order valence-corrected chi connectivity index (χ1v) is 6.79. The normalized spacial score (nSPS) is 33.6. The molecule has 0 aromatic carbocycles. The summed E-state index contributed by atoms with van der Waals surface area (Å²) >= 11 is 0. The highest BCUT2D eigenvalue weighted by molar-refractivity contribution is 6.78. The van der Waals surface area contributed by atoms with Crippen LogP contribution < -0.4 is 5.32 Å². The summed E-state index contributed by atoms with van der Waals surface area (Å²) in [5.74, 6) is 0. The maximum Gasteiger partial charge on any atom is 0.108 e. The van der Waals surface area contributed by atoms with Crippen molar-refractivity contribution >= 4 is 8.07 Å². The van der Waals surface area contributed by atoms with Crippen molar-refractivity contribution in [3.63, 3.8) is 0 Å². The first-order chi connectivity index (χ1) is 4.05. The Kier molecular flexibility index (Phi) is 1.37. The topological polar surface area (TPSA) is 45.7 Å². The molecular weight excluding hydrogens is 128 g/mol. The van der Waals surface area contributed by atoms with Gasteiger partial charge in [-0.1, -0.05) is 19.6 Å². The molecule has 1 N–H and O–H groups in total. The van der Waals surface area contributed by atoms with E-state index in [2.05, 4.69) is 31.0 Å². The maximum atomic E-state index is 8.45. The second-order valence-electron chi connectivity index (χ2n) is 3.62. The fraction of sp³-hybridized carbons (Fsp3) is 0.833. The van der Waals surface area contributed by atoms with Crippen LogP contribution in [0.2, 0.25) is 19.6 Å². The molecule has 1 aliphatic heterocycles. The number of hydrogen-bond donors (Lipinski definition) is 1. The van der Waals surface area contributed by atoms with Crippen LogP contribution in [0.1, 0.15) is 0 Å². The van der Waals surface area contributed by atoms with Crippen molar-refractivity contribution in [1.29, 1.82) is 5.26 Å². The number of nitriles is 1. The average Bonchev–Trinajstić information content (AvgIpc) is 2.39. The van der Waals surface area contributed by atoms with Gasteiger partial charge in [-0.3, -0.25) is 5.32 Å². The lowest BCUT2D eigenvalue weighted by Gasteiger charge is -2.11. The molecule has 0 aromatic heterocycles. The van der Waals surface area contributed by atoms with Gasteiger partial charge in [-0.25, -0.2) is 0 Å². The van der Waals surface area contributed by atoms with Crippen molar-refractivity contribution in [1.82, 2.24) is 5.32 Å². The van der Waals surface area contributed by atoms with Gasteiger partial charge in [0.1, 0.15) is 6.04 Å². The maximum absolute atomic E-state index is 8.45. The first kappa shape index (κ1) is 6.78. The molecule has 1 fully saturated rings. The number of nitrogens with zero attached hydrogens (tertiary/aromatic N) is 1. The summed E-state index contributed by atoms with van der Waals surface area (Å²) in [5.41, 5.74) is 0.558. The zero-order valence-electron chi connectivity index (χ0n) is 6.10. The molecule has 2 nitrogen and oxygen atoms in total. The molecule has 0 aromatic rings. The molecular formula is C6H12N2Si. The van der Waals surface area contributed by atoms with Gasteiger partial charge in [0, 0.05) is 5.67 Å². The average molecular weight is 140 g/mol. The van der Waals surface area contributed by atoms with Gasteiger partial charge in [0.2, 0.25) is 0 Å². The van der Waals surface area contributed by atoms with E-state index in [4.69, 9.17) is 5.26 Å². The van der Waals surface area contributed by atoms with Gasteiger partial charge >= 0.3 is 0 Å². The quantitative estimate of drug-likeness (QED) is 0.431. The number of rotatable bonds is 1. The fourth-order valence-electron chi connectivity index (χ4n) is 1.000. The van der Waals surface area contributed by atoms with Gasteiger partial charge in [-0.2, -0.15) is 5.26 Å². The summed E-state index contributed by atoms with van der Waals surface area (Å²) in [6.07, 6.45) is 0. The molecule has 0 saturated carbocycles. The molecule has 50 valence electrons. The minimum Gasteiger partial charge on any atom is -0.298 e. The SMILES string of the molecule is C[Si](C)(C)C1NC1C#N. The van der Waals surface area contributed by atoms with Crippen molar-refractivity contribution in [2.75, 3.05) is 0 Å². The first-order valence-electron chi connectivity index (χ1n) is 3.21. The van der Waals surface area contributed by atoms with Crippen LogP contribution >= 0.6 is 0 Å². The van der Waals surface area contributed by atoms with Gasteiger partial charge in [-0.15, -0.1) is 0 Å². The molecule has 0 spiro atoms. The minimum atomic E-state index is -1.04. The summed E-state index contributed by atoms with van der Waals surface area (Å²) in [6.45, 7) is 6.84. The lowest BCUT2D eigenvalue weighted by molar-refractivity contribution is 1.20. The molecule has 1 rings (SSSR count). The predicted molar refractivity (Wildman–Crippen MR) is 39.7 cm³/mol. The molecule has 3 heteroatoms. The summed E-state index contributed by atoms with van der Waals surface area (Å²) in [6, 6.07) is 2.40. The largest absolute Gasteiger partial charge is 0.298 e. The summed E-state index contributed by atoms with van der Waals surface area (Å²) in [5, 5.41) is 11.6. The van der Waals surface area contributed by atoms with Crippen LogP contribution in [-0.2, 0) is 0 Å². The van der Waals surface area contributed by atoms with Crippen LogP contribution in [0.15, 0.2) is 0 Å². The van der Waals surface area contributed by atoms with E-state index in [-0.39, 0.29) is 6.04 Å². The third kappa shape index (κ3) is 1.32. The zero-order chi connectivity index (χ0) is 7.07. The van der Waals surface area contributed by atoms with Crippen molar-refractivity contribution < 1.29 is 0 Å². The van der Waals surface area contributed by atoms with E-state index < -0.39 is 8.07 Å². The Morgan fingerprint density at radius 2 is 2.00 bits per heavy atom. The Morgan fingerprint density at radius 3 is 2.11 bits per heavy atom. The van der Waals surface area contributed by atoms with Crippen LogP contribution in [0, 0.1) is 11.3 Å². The molecule has 9 heavy (non-hydrogen) atoms. The van der Waals surface area contributed by atoms with Crippen LogP contribution in [0.25, 0.3) is 0 Å². The standard InChI is InChI=1S/C6H12N2Si/c1-9(2,3)6-5(4-7)8-6/h5-6,8H,1-3H3. The van der Waals surface area contributed by atoms with E-state index in [0.717, 1.165) is 0 Å². The molecule has 1 saturated heterocycles. The third-order valence-electron chi connectivity index (χ3n) is 1.66. The van der Waals surface area contributed by atoms with Gasteiger partial charge in [-0.05, 0) is 0 Å². The zero-order valence-corrected chi connectivity index (χ0v) is 7.10. The van der Waals surface area contributed by atoms with Crippen LogP contribution in [0.3, 0.4) is 0 Å². The monoisotopic (exact) mass is 140 g/mol. The van der Waals surface area contributed by atoms with E-state index in [1.165, 1.54) is 0 Å². The highest BCUT2D eigenvalue weighted by atomic mass is 28.3. The summed E-state index contributed by atoms with van der Waals surface area (Å²) < 4.78 is 0. The molecule has 0 radical (unpaired) electrons. The number of hydrogen-bond acceptors (Lipinski definition) is 2. The Hall–Kier alpha value is -0.333. The van der Waals surface area contributed by atoms with Crippen molar-refractivity contribution in [2.45, 2.75) is 31.3 Å². The predicted octanol–water partition coefficient (Wildman–Crippen LogP) is 0.728. The van der Waals surface area contributed by atoms with Gasteiger partial charge in [0.25, 0.3) is 0 Å². The Balaban J connectivity index is 2.45. The van der Waals surface area contributed by atoms with E-state index in [1.807, 2.05) is 0 Å². The van der Waals surface area contributed by atoms with Crippen molar-refractivity contribution in [3.05, 3.63) is 0 Å². The van der Waals surface area contributed by atoms with Crippen molar-refractivity contribution in [3.8, 4) is 6.07 Å². The van der Waals surface area contributed by atoms with E-state index in [9.17, 15) is 0 Å². The van der Waals surface area contributed by atoms with E-state index in [1.54, 1.807) is 0 Å². The van der Waals surface area contributed by atoms with Crippen LogP contribution in [0.5, 0.6) is 0 Å².